The van der Waals surface area contributed by atoms with Gasteiger partial charge in [0.25, 0.3) is 0 Å². The molecule has 0 aromatic carbocycles. The van der Waals surface area contributed by atoms with E-state index >= 15 is 0 Å². The quantitative estimate of drug-likeness (QED) is 0.875. The summed E-state index contributed by atoms with van der Waals surface area (Å²) in [4.78, 5) is 4.32. The fourth-order valence-electron chi connectivity index (χ4n) is 1.36. The molecule has 5 heteroatoms. The van der Waals surface area contributed by atoms with Crippen LogP contribution in [0.4, 0.5) is 0 Å². The number of aromatic nitrogens is 2. The summed E-state index contributed by atoms with van der Waals surface area (Å²) in [7, 11) is 0. The van der Waals surface area contributed by atoms with E-state index in [2.05, 4.69) is 31.4 Å². The lowest BCUT2D eigenvalue weighted by Gasteiger charge is -2.01. The Morgan fingerprint density at radius 2 is 2.25 bits per heavy atom. The summed E-state index contributed by atoms with van der Waals surface area (Å²) in [5.41, 5.74) is 1.89. The SMILES string of the molecule is Cc1cc(CNCc2cccc(Br)n2)on1. The van der Waals surface area contributed by atoms with E-state index in [1.165, 1.54) is 0 Å². The lowest BCUT2D eigenvalue weighted by atomic mass is 10.3. The maximum absolute atomic E-state index is 5.08. The maximum atomic E-state index is 5.08. The van der Waals surface area contributed by atoms with Gasteiger partial charge in [-0.05, 0) is 35.0 Å². The van der Waals surface area contributed by atoms with E-state index in [0.717, 1.165) is 21.8 Å². The van der Waals surface area contributed by atoms with Crippen molar-refractivity contribution < 1.29 is 4.52 Å². The molecule has 0 aliphatic heterocycles. The van der Waals surface area contributed by atoms with Gasteiger partial charge < -0.3 is 9.84 Å². The second-order valence-corrected chi connectivity index (χ2v) is 4.30. The molecule has 1 N–H and O–H groups in total. The molecule has 2 aromatic rings. The van der Waals surface area contributed by atoms with Crippen molar-refractivity contribution in [1.29, 1.82) is 0 Å². The summed E-state index contributed by atoms with van der Waals surface area (Å²) in [6.45, 7) is 3.27. The number of aryl methyl sites for hydroxylation is 1. The van der Waals surface area contributed by atoms with E-state index in [1.807, 2.05) is 31.2 Å². The lowest BCUT2D eigenvalue weighted by Crippen LogP contribution is -2.13. The van der Waals surface area contributed by atoms with Crippen LogP contribution in [0.5, 0.6) is 0 Å². The molecular weight excluding hydrogens is 270 g/mol. The van der Waals surface area contributed by atoms with E-state index in [9.17, 15) is 0 Å². The molecule has 16 heavy (non-hydrogen) atoms. The Morgan fingerprint density at radius 3 is 2.94 bits per heavy atom. The summed E-state index contributed by atoms with van der Waals surface area (Å²) in [5, 5.41) is 7.06. The Labute approximate surface area is 102 Å². The van der Waals surface area contributed by atoms with Crippen LogP contribution >= 0.6 is 15.9 Å². The van der Waals surface area contributed by atoms with E-state index in [1.54, 1.807) is 0 Å². The molecule has 84 valence electrons. The van der Waals surface area contributed by atoms with E-state index in [4.69, 9.17) is 4.52 Å². The van der Waals surface area contributed by atoms with Crippen LogP contribution < -0.4 is 5.32 Å². The standard InChI is InChI=1S/C11H12BrN3O/c1-8-5-10(16-15-8)7-13-6-9-3-2-4-11(12)14-9/h2-5,13H,6-7H2,1H3. The molecule has 2 rings (SSSR count). The molecular formula is C11H12BrN3O. The molecule has 0 aliphatic carbocycles. The van der Waals surface area contributed by atoms with E-state index in [0.29, 0.717) is 13.1 Å². The summed E-state index contributed by atoms with van der Waals surface area (Å²) in [6.07, 6.45) is 0. The smallest absolute Gasteiger partial charge is 0.150 e. The van der Waals surface area contributed by atoms with Gasteiger partial charge in [0.05, 0.1) is 17.9 Å². The topological polar surface area (TPSA) is 51.0 Å². The average molecular weight is 282 g/mol. The average Bonchev–Trinajstić information content (AvgIpc) is 2.64. The Balaban J connectivity index is 1.84. The van der Waals surface area contributed by atoms with Gasteiger partial charge >= 0.3 is 0 Å². The first-order valence-corrected chi connectivity index (χ1v) is 5.78. The minimum atomic E-state index is 0.662. The number of halogens is 1. The molecule has 0 saturated carbocycles. The number of nitrogens with zero attached hydrogens (tertiary/aromatic N) is 2. The minimum absolute atomic E-state index is 0.662. The van der Waals surface area contributed by atoms with Crippen LogP contribution in [0.15, 0.2) is 33.4 Å². The summed E-state index contributed by atoms with van der Waals surface area (Å²) in [5.74, 6) is 0.840. The van der Waals surface area contributed by atoms with E-state index < -0.39 is 0 Å². The minimum Gasteiger partial charge on any atom is -0.360 e. The monoisotopic (exact) mass is 281 g/mol. The zero-order valence-electron chi connectivity index (χ0n) is 8.90. The van der Waals surface area contributed by atoms with Crippen molar-refractivity contribution in [2.75, 3.05) is 0 Å². The molecule has 0 spiro atoms. The van der Waals surface area contributed by atoms with Crippen LogP contribution in [0.1, 0.15) is 17.1 Å². The third-order valence-electron chi connectivity index (χ3n) is 2.05. The number of nitrogens with one attached hydrogen (secondary N) is 1. The predicted octanol–water partition coefficient (Wildman–Crippen LogP) is 2.43. The van der Waals surface area contributed by atoms with Gasteiger partial charge in [-0.25, -0.2) is 4.98 Å². The van der Waals surface area contributed by atoms with Crippen molar-refractivity contribution in [3.63, 3.8) is 0 Å². The summed E-state index contributed by atoms with van der Waals surface area (Å²) in [6, 6.07) is 7.76. The number of rotatable bonds is 4. The molecule has 0 amide bonds. The third kappa shape index (κ3) is 3.15. The van der Waals surface area contributed by atoms with Crippen molar-refractivity contribution in [1.82, 2.24) is 15.5 Å². The predicted molar refractivity (Wildman–Crippen MR) is 63.7 cm³/mol. The molecule has 0 atom stereocenters. The van der Waals surface area contributed by atoms with Crippen molar-refractivity contribution >= 4 is 15.9 Å². The van der Waals surface area contributed by atoms with Crippen molar-refractivity contribution in [2.24, 2.45) is 0 Å². The first-order chi connectivity index (χ1) is 7.74. The van der Waals surface area contributed by atoms with Crippen molar-refractivity contribution in [3.8, 4) is 0 Å². The number of hydrogen-bond donors (Lipinski definition) is 1. The Bertz CT molecular complexity index is 470. The fraction of sp³-hybridized carbons (Fsp3) is 0.273. The fourth-order valence-corrected chi connectivity index (χ4v) is 1.74. The highest BCUT2D eigenvalue weighted by atomic mass is 79.9. The first-order valence-electron chi connectivity index (χ1n) is 4.98. The molecule has 0 saturated heterocycles. The second kappa shape index (κ2) is 5.23. The molecule has 2 aromatic heterocycles. The van der Waals surface area contributed by atoms with Gasteiger partial charge in [-0.1, -0.05) is 11.2 Å². The van der Waals surface area contributed by atoms with Gasteiger partial charge in [0.15, 0.2) is 5.76 Å². The van der Waals surface area contributed by atoms with Crippen LogP contribution in [0, 0.1) is 6.92 Å². The van der Waals surface area contributed by atoms with Crippen LogP contribution in [0.3, 0.4) is 0 Å². The highest BCUT2D eigenvalue weighted by molar-refractivity contribution is 9.10. The Hall–Kier alpha value is -1.20. The lowest BCUT2D eigenvalue weighted by molar-refractivity contribution is 0.369. The number of pyridine rings is 1. The highest BCUT2D eigenvalue weighted by Crippen LogP contribution is 2.06. The van der Waals surface area contributed by atoms with Crippen LogP contribution in [0.25, 0.3) is 0 Å². The van der Waals surface area contributed by atoms with Crippen molar-refractivity contribution in [3.05, 3.63) is 46.0 Å². The van der Waals surface area contributed by atoms with Gasteiger partial charge in [-0.15, -0.1) is 0 Å². The highest BCUT2D eigenvalue weighted by Gasteiger charge is 2.00. The molecule has 0 aliphatic rings. The first kappa shape index (κ1) is 11.3. The van der Waals surface area contributed by atoms with Crippen molar-refractivity contribution in [2.45, 2.75) is 20.0 Å². The van der Waals surface area contributed by atoms with Gasteiger partial charge in [0, 0.05) is 12.6 Å². The Kier molecular flexibility index (Phi) is 3.69. The molecule has 0 unspecified atom stereocenters. The van der Waals surface area contributed by atoms with Gasteiger partial charge in [-0.2, -0.15) is 0 Å². The molecule has 4 nitrogen and oxygen atoms in total. The zero-order chi connectivity index (χ0) is 11.4. The normalized spacial score (nSPS) is 10.6. The number of hydrogen-bond acceptors (Lipinski definition) is 4. The largest absolute Gasteiger partial charge is 0.360 e. The van der Waals surface area contributed by atoms with Crippen LogP contribution in [0.2, 0.25) is 0 Å². The van der Waals surface area contributed by atoms with Gasteiger partial charge in [0.2, 0.25) is 0 Å². The molecule has 0 bridgehead atoms. The van der Waals surface area contributed by atoms with Gasteiger partial charge in [0.1, 0.15) is 4.60 Å². The van der Waals surface area contributed by atoms with Gasteiger partial charge in [-0.3, -0.25) is 0 Å². The molecule has 2 heterocycles. The van der Waals surface area contributed by atoms with Crippen LogP contribution in [-0.2, 0) is 13.1 Å². The molecule has 0 fully saturated rings. The van der Waals surface area contributed by atoms with E-state index in [-0.39, 0.29) is 0 Å². The summed E-state index contributed by atoms with van der Waals surface area (Å²) < 4.78 is 5.93. The summed E-state index contributed by atoms with van der Waals surface area (Å²) >= 11 is 3.33. The Morgan fingerprint density at radius 1 is 1.38 bits per heavy atom. The maximum Gasteiger partial charge on any atom is 0.150 e. The van der Waals surface area contributed by atoms with Crippen LogP contribution in [-0.4, -0.2) is 10.1 Å². The second-order valence-electron chi connectivity index (χ2n) is 3.49. The third-order valence-corrected chi connectivity index (χ3v) is 2.50. The molecule has 0 radical (unpaired) electrons. The zero-order valence-corrected chi connectivity index (χ0v) is 10.5.